The van der Waals surface area contributed by atoms with E-state index in [1.165, 1.54) is 11.6 Å². The number of hydrogen-bond acceptors (Lipinski definition) is 1. The van der Waals surface area contributed by atoms with Crippen molar-refractivity contribution in [3.8, 4) is 0 Å². The highest BCUT2D eigenvalue weighted by atomic mass is 29.6. The second-order valence-corrected chi connectivity index (χ2v) is 44.1. The van der Waals surface area contributed by atoms with Crippen LogP contribution in [0.5, 0.6) is 0 Å². The van der Waals surface area contributed by atoms with E-state index in [-0.39, 0.29) is 5.41 Å². The summed E-state index contributed by atoms with van der Waals surface area (Å²) >= 11 is 0. The number of rotatable bonds is 8. The van der Waals surface area contributed by atoms with Gasteiger partial charge >= 0.3 is 0 Å². The summed E-state index contributed by atoms with van der Waals surface area (Å²) in [5.74, 6) is 0. The molecule has 0 heterocycles. The van der Waals surface area contributed by atoms with Gasteiger partial charge in [-0.2, -0.15) is 0 Å². The van der Waals surface area contributed by atoms with Crippen LogP contribution in [0.1, 0.15) is 27.7 Å². The van der Waals surface area contributed by atoms with E-state index in [0.29, 0.717) is 5.73 Å². The van der Waals surface area contributed by atoms with Crippen molar-refractivity contribution in [2.45, 2.75) is 98.4 Å². The van der Waals surface area contributed by atoms with Crippen LogP contribution < -0.4 is 0 Å². The molecule has 0 fully saturated rings. The molecule has 0 N–H and O–H groups in total. The minimum atomic E-state index is -1.77. The largest absolute Gasteiger partial charge is 0.418 e. The first-order valence-electron chi connectivity index (χ1n) is 9.68. The SMILES string of the molecule is C=C(C)C(=C)C[Si](C(O[Si](C)(C)C)C(C)(C)C)([Si](C)(C)C)[Si](C)(C)C. The van der Waals surface area contributed by atoms with E-state index < -0.39 is 30.6 Å². The summed E-state index contributed by atoms with van der Waals surface area (Å²) in [6.45, 7) is 40.7. The topological polar surface area (TPSA) is 9.23 Å². The predicted octanol–water partition coefficient (Wildman–Crippen LogP) is 7.21. The van der Waals surface area contributed by atoms with Crippen molar-refractivity contribution < 1.29 is 4.43 Å². The van der Waals surface area contributed by atoms with Crippen LogP contribution in [-0.4, -0.2) is 36.3 Å². The van der Waals surface area contributed by atoms with Gasteiger partial charge in [0, 0.05) is 20.9 Å². The Morgan fingerprint density at radius 1 is 0.840 bits per heavy atom. The smallest absolute Gasteiger partial charge is 0.183 e. The van der Waals surface area contributed by atoms with Gasteiger partial charge in [0.05, 0.1) is 7.11 Å². The molecular weight excluding hydrogens is 369 g/mol. The lowest BCUT2D eigenvalue weighted by atomic mass is 9.98. The Hall–Kier alpha value is 0.308. The molecule has 0 saturated heterocycles. The molecule has 25 heavy (non-hydrogen) atoms. The Balaban J connectivity index is 6.77. The third kappa shape index (κ3) is 6.16. The fourth-order valence-corrected chi connectivity index (χ4v) is 54.7. The normalized spacial score (nSPS) is 15.9. The second-order valence-electron chi connectivity index (χ2n) is 12.0. The number of hydrogen-bond donors (Lipinski definition) is 0. The van der Waals surface area contributed by atoms with E-state index in [1.807, 2.05) is 0 Å². The van der Waals surface area contributed by atoms with Crippen molar-refractivity contribution in [1.29, 1.82) is 0 Å². The quantitative estimate of drug-likeness (QED) is 0.301. The molecule has 0 aliphatic heterocycles. The van der Waals surface area contributed by atoms with Gasteiger partial charge in [0.15, 0.2) is 8.32 Å². The minimum Gasteiger partial charge on any atom is -0.418 e. The van der Waals surface area contributed by atoms with Gasteiger partial charge in [-0.1, -0.05) is 84.4 Å². The molecular formula is C20H46OSi4. The standard InChI is InChI=1S/C20H46OSi4/c1-17(2)18(3)16-25(23(10,11)12,24(13,14)15)19(20(4,5)6)21-22(7,8)9/h19H,1,3,16H2,2,4-15H3. The van der Waals surface area contributed by atoms with Crippen LogP contribution in [0.4, 0.5) is 0 Å². The molecule has 0 aromatic heterocycles. The van der Waals surface area contributed by atoms with Crippen LogP contribution in [0.3, 0.4) is 0 Å². The molecule has 0 bridgehead atoms. The highest BCUT2D eigenvalue weighted by molar-refractivity contribution is 7.69. The lowest BCUT2D eigenvalue weighted by Crippen LogP contribution is -2.80. The van der Waals surface area contributed by atoms with E-state index in [2.05, 4.69) is 99.8 Å². The third-order valence-corrected chi connectivity index (χ3v) is 47.1. The van der Waals surface area contributed by atoms with E-state index >= 15 is 0 Å². The van der Waals surface area contributed by atoms with Crippen molar-refractivity contribution in [3.63, 3.8) is 0 Å². The Kier molecular flexibility index (Phi) is 7.83. The average molecular weight is 415 g/mol. The average Bonchev–Trinajstić information content (AvgIpc) is 2.27. The van der Waals surface area contributed by atoms with Gasteiger partial charge in [-0.25, -0.2) is 0 Å². The monoisotopic (exact) mass is 414 g/mol. The molecule has 5 heteroatoms. The van der Waals surface area contributed by atoms with Crippen molar-refractivity contribution >= 4 is 30.6 Å². The summed E-state index contributed by atoms with van der Waals surface area (Å²) in [6.07, 6.45) is 0. The summed E-state index contributed by atoms with van der Waals surface area (Å²) in [4.78, 5) is 0. The summed E-state index contributed by atoms with van der Waals surface area (Å²) in [5, 5.41) is 0. The van der Waals surface area contributed by atoms with Crippen LogP contribution in [0, 0.1) is 5.41 Å². The molecule has 0 saturated carbocycles. The predicted molar refractivity (Wildman–Crippen MR) is 129 cm³/mol. The maximum Gasteiger partial charge on any atom is 0.183 e. The van der Waals surface area contributed by atoms with Gasteiger partial charge in [-0.05, 0) is 38.0 Å². The fourth-order valence-electron chi connectivity index (χ4n) is 4.39. The van der Waals surface area contributed by atoms with E-state index in [4.69, 9.17) is 4.43 Å². The van der Waals surface area contributed by atoms with Gasteiger partial charge in [0.1, 0.15) is 0 Å². The molecule has 0 aromatic rings. The molecule has 1 nitrogen and oxygen atoms in total. The Labute approximate surface area is 163 Å². The van der Waals surface area contributed by atoms with E-state index in [9.17, 15) is 0 Å². The van der Waals surface area contributed by atoms with Gasteiger partial charge in [-0.15, -0.1) is 0 Å². The van der Waals surface area contributed by atoms with Crippen molar-refractivity contribution in [1.82, 2.24) is 0 Å². The maximum atomic E-state index is 7.10. The highest BCUT2D eigenvalue weighted by Crippen LogP contribution is 2.46. The zero-order valence-electron chi connectivity index (χ0n) is 19.6. The van der Waals surface area contributed by atoms with Gasteiger partial charge in [0.25, 0.3) is 0 Å². The summed E-state index contributed by atoms with van der Waals surface area (Å²) < 4.78 is 7.10. The molecule has 0 aliphatic carbocycles. The fraction of sp³-hybridized carbons (Fsp3) is 0.800. The molecule has 0 aliphatic rings. The molecule has 0 rings (SSSR count). The number of allylic oxidation sites excluding steroid dienone is 2. The third-order valence-electron chi connectivity index (χ3n) is 5.48. The molecule has 0 spiro atoms. The van der Waals surface area contributed by atoms with Crippen LogP contribution >= 0.6 is 0 Å². The molecule has 0 aromatic carbocycles. The van der Waals surface area contributed by atoms with Crippen molar-refractivity contribution in [2.75, 3.05) is 0 Å². The molecule has 1 unspecified atom stereocenters. The highest BCUT2D eigenvalue weighted by Gasteiger charge is 2.62. The van der Waals surface area contributed by atoms with Gasteiger partial charge in [-0.3, -0.25) is 0 Å². The van der Waals surface area contributed by atoms with Gasteiger partial charge in [0.2, 0.25) is 0 Å². The van der Waals surface area contributed by atoms with Crippen LogP contribution in [0.15, 0.2) is 24.3 Å². The second kappa shape index (κ2) is 7.74. The lowest BCUT2D eigenvalue weighted by Gasteiger charge is -2.59. The van der Waals surface area contributed by atoms with Crippen LogP contribution in [-0.2, 0) is 4.43 Å². The summed E-state index contributed by atoms with van der Waals surface area (Å²) in [5.41, 5.74) is 3.02. The Morgan fingerprint density at radius 3 is 1.40 bits per heavy atom. The zero-order valence-corrected chi connectivity index (χ0v) is 23.6. The summed E-state index contributed by atoms with van der Waals surface area (Å²) in [6, 6.07) is 1.18. The van der Waals surface area contributed by atoms with Crippen molar-refractivity contribution in [3.05, 3.63) is 24.3 Å². The molecule has 0 radical (unpaired) electrons. The van der Waals surface area contributed by atoms with E-state index in [1.54, 1.807) is 0 Å². The first-order chi connectivity index (χ1) is 10.7. The molecule has 1 atom stereocenters. The minimum absolute atomic E-state index is 0.169. The molecule has 0 amide bonds. The molecule has 148 valence electrons. The lowest BCUT2D eigenvalue weighted by molar-refractivity contribution is 0.144. The first-order valence-corrected chi connectivity index (χ1v) is 24.4. The van der Waals surface area contributed by atoms with Crippen LogP contribution in [0.2, 0.25) is 65.0 Å². The zero-order chi connectivity index (χ0) is 20.6. The Morgan fingerprint density at radius 2 is 1.20 bits per heavy atom. The summed E-state index contributed by atoms with van der Waals surface area (Å²) in [7, 11) is -6.33. The Bertz CT molecular complexity index is 482. The van der Waals surface area contributed by atoms with Gasteiger partial charge < -0.3 is 4.43 Å². The van der Waals surface area contributed by atoms with E-state index in [0.717, 1.165) is 5.57 Å². The maximum absolute atomic E-state index is 7.10. The van der Waals surface area contributed by atoms with Crippen molar-refractivity contribution in [2.24, 2.45) is 5.41 Å². The van der Waals surface area contributed by atoms with Crippen LogP contribution in [0.25, 0.3) is 0 Å². The first kappa shape index (κ1) is 25.3.